The molecule has 1 aromatic rings. The molecular formula is C12H18N2. The molecule has 0 unspecified atom stereocenters. The molecule has 0 spiro atoms. The van der Waals surface area contributed by atoms with Gasteiger partial charge in [0, 0.05) is 24.5 Å². The molecule has 0 aliphatic carbocycles. The van der Waals surface area contributed by atoms with Gasteiger partial charge in [-0.2, -0.15) is 0 Å². The van der Waals surface area contributed by atoms with Crippen LogP contribution in [0.2, 0.25) is 0 Å². The van der Waals surface area contributed by atoms with E-state index in [2.05, 4.69) is 49.2 Å². The number of likely N-dealkylation sites (N-methyl/N-ethyl adjacent to an activating group) is 1. The van der Waals surface area contributed by atoms with Crippen molar-refractivity contribution in [2.45, 2.75) is 24.9 Å². The summed E-state index contributed by atoms with van der Waals surface area (Å²) in [6.07, 6.45) is 0. The highest BCUT2D eigenvalue weighted by Crippen LogP contribution is 2.29. The molecule has 1 saturated heterocycles. The lowest BCUT2D eigenvalue weighted by Gasteiger charge is -2.18. The van der Waals surface area contributed by atoms with Gasteiger partial charge < -0.3 is 10.6 Å². The number of likely N-dealkylation sites (tertiary alicyclic amines) is 1. The van der Waals surface area contributed by atoms with Crippen LogP contribution in [0.15, 0.2) is 30.3 Å². The first-order valence-corrected chi connectivity index (χ1v) is 5.21. The zero-order valence-corrected chi connectivity index (χ0v) is 8.85. The van der Waals surface area contributed by atoms with Gasteiger partial charge in [0.25, 0.3) is 0 Å². The molecule has 14 heavy (non-hydrogen) atoms. The summed E-state index contributed by atoms with van der Waals surface area (Å²) < 4.78 is 0. The molecule has 0 amide bonds. The summed E-state index contributed by atoms with van der Waals surface area (Å²) >= 11 is 0. The van der Waals surface area contributed by atoms with Gasteiger partial charge in [-0.1, -0.05) is 30.3 Å². The van der Waals surface area contributed by atoms with Gasteiger partial charge in [-0.3, -0.25) is 0 Å². The minimum atomic E-state index is 0.266. The highest BCUT2D eigenvalue weighted by atomic mass is 15.2. The molecule has 0 bridgehead atoms. The van der Waals surface area contributed by atoms with Crippen LogP contribution in [0.3, 0.4) is 0 Å². The average Bonchev–Trinajstić information content (AvgIpc) is 2.47. The van der Waals surface area contributed by atoms with Crippen molar-refractivity contribution in [3.63, 3.8) is 0 Å². The summed E-state index contributed by atoms with van der Waals surface area (Å²) in [5, 5.41) is 0. The van der Waals surface area contributed by atoms with E-state index in [-0.39, 0.29) is 6.04 Å². The minimum Gasteiger partial charge on any atom is -0.326 e. The molecular weight excluding hydrogens is 172 g/mol. The second kappa shape index (κ2) is 3.71. The van der Waals surface area contributed by atoms with Gasteiger partial charge in [0.1, 0.15) is 0 Å². The molecule has 1 aliphatic heterocycles. The van der Waals surface area contributed by atoms with Gasteiger partial charge in [-0.25, -0.2) is 0 Å². The Morgan fingerprint density at radius 3 is 2.43 bits per heavy atom. The number of hydrogen-bond donors (Lipinski definition) is 1. The maximum atomic E-state index is 6.20. The highest BCUT2D eigenvalue weighted by Gasteiger charge is 2.34. The fraction of sp³-hybridized carbons (Fsp3) is 0.500. The first-order valence-electron chi connectivity index (χ1n) is 5.21. The predicted octanol–water partition coefficient (Wildman–Crippen LogP) is 1.43. The number of nitrogens with two attached hydrogens (primary N) is 1. The van der Waals surface area contributed by atoms with Crippen molar-refractivity contribution >= 4 is 0 Å². The third-order valence-corrected chi connectivity index (χ3v) is 3.43. The van der Waals surface area contributed by atoms with Crippen molar-refractivity contribution in [3.8, 4) is 0 Å². The second-order valence-electron chi connectivity index (χ2n) is 4.27. The average molecular weight is 190 g/mol. The van der Waals surface area contributed by atoms with Crippen molar-refractivity contribution in [3.05, 3.63) is 35.9 Å². The summed E-state index contributed by atoms with van der Waals surface area (Å²) in [6.45, 7) is 3.28. The third-order valence-electron chi connectivity index (χ3n) is 3.43. The van der Waals surface area contributed by atoms with Gasteiger partial charge in [-0.15, -0.1) is 0 Å². The molecule has 3 atom stereocenters. The predicted molar refractivity (Wildman–Crippen MR) is 59.3 cm³/mol. The Labute approximate surface area is 85.7 Å². The molecule has 2 N–H and O–H groups in total. The van der Waals surface area contributed by atoms with Gasteiger partial charge in [0.2, 0.25) is 0 Å². The van der Waals surface area contributed by atoms with Crippen LogP contribution in [0.4, 0.5) is 0 Å². The quantitative estimate of drug-likeness (QED) is 0.726. The number of benzene rings is 1. The molecule has 0 saturated carbocycles. The van der Waals surface area contributed by atoms with Crippen LogP contribution >= 0.6 is 0 Å². The van der Waals surface area contributed by atoms with Gasteiger partial charge in [-0.05, 0) is 19.5 Å². The normalized spacial score (nSPS) is 33.5. The Morgan fingerprint density at radius 2 is 1.93 bits per heavy atom. The Morgan fingerprint density at radius 1 is 1.29 bits per heavy atom. The van der Waals surface area contributed by atoms with Crippen LogP contribution in [0.5, 0.6) is 0 Å². The van der Waals surface area contributed by atoms with Crippen molar-refractivity contribution in [2.24, 2.45) is 5.73 Å². The minimum absolute atomic E-state index is 0.266. The fourth-order valence-electron chi connectivity index (χ4n) is 2.26. The van der Waals surface area contributed by atoms with Crippen molar-refractivity contribution in [2.75, 3.05) is 13.6 Å². The van der Waals surface area contributed by atoms with E-state index in [1.807, 2.05) is 0 Å². The van der Waals surface area contributed by atoms with Crippen molar-refractivity contribution in [1.82, 2.24) is 4.90 Å². The zero-order valence-electron chi connectivity index (χ0n) is 8.85. The number of nitrogens with zero attached hydrogens (tertiary/aromatic N) is 1. The van der Waals surface area contributed by atoms with E-state index in [0.29, 0.717) is 12.0 Å². The number of hydrogen-bond acceptors (Lipinski definition) is 2. The smallest absolute Gasteiger partial charge is 0.0275 e. The summed E-state index contributed by atoms with van der Waals surface area (Å²) in [7, 11) is 2.15. The Kier molecular flexibility index (Phi) is 2.57. The first-order chi connectivity index (χ1) is 6.70. The third kappa shape index (κ3) is 1.56. The molecule has 1 aromatic carbocycles. The summed E-state index contributed by atoms with van der Waals surface area (Å²) in [5.74, 6) is 0.496. The highest BCUT2D eigenvalue weighted by molar-refractivity contribution is 5.24. The van der Waals surface area contributed by atoms with Crippen LogP contribution in [0.1, 0.15) is 18.4 Å². The lowest BCUT2D eigenvalue weighted by molar-refractivity contribution is 0.318. The molecule has 0 radical (unpaired) electrons. The maximum Gasteiger partial charge on any atom is 0.0275 e. The van der Waals surface area contributed by atoms with Crippen LogP contribution in [-0.4, -0.2) is 30.6 Å². The molecule has 2 heteroatoms. The first kappa shape index (κ1) is 9.69. The van der Waals surface area contributed by atoms with Crippen LogP contribution in [0, 0.1) is 0 Å². The Hall–Kier alpha value is -0.860. The standard InChI is InChI=1S/C12H18N2/c1-9-12(13)11(8-14(9)2)10-6-4-3-5-7-10/h3-7,9,11-12H,8,13H2,1-2H3/t9-,11-,12+/m1/s1. The molecule has 2 nitrogen and oxygen atoms in total. The maximum absolute atomic E-state index is 6.20. The Balaban J connectivity index is 2.21. The molecule has 76 valence electrons. The lowest BCUT2D eigenvalue weighted by Crippen LogP contribution is -2.36. The lowest BCUT2D eigenvalue weighted by atomic mass is 9.92. The number of rotatable bonds is 1. The zero-order chi connectivity index (χ0) is 10.1. The van der Waals surface area contributed by atoms with E-state index in [1.54, 1.807) is 0 Å². The van der Waals surface area contributed by atoms with E-state index in [0.717, 1.165) is 6.54 Å². The molecule has 0 aromatic heterocycles. The van der Waals surface area contributed by atoms with Crippen LogP contribution < -0.4 is 5.73 Å². The van der Waals surface area contributed by atoms with E-state index in [9.17, 15) is 0 Å². The summed E-state index contributed by atoms with van der Waals surface area (Å²) in [6, 6.07) is 11.3. The van der Waals surface area contributed by atoms with Crippen molar-refractivity contribution < 1.29 is 0 Å². The topological polar surface area (TPSA) is 29.3 Å². The molecule has 1 aliphatic rings. The van der Waals surface area contributed by atoms with Crippen molar-refractivity contribution in [1.29, 1.82) is 0 Å². The van der Waals surface area contributed by atoms with E-state index >= 15 is 0 Å². The van der Waals surface area contributed by atoms with Crippen LogP contribution in [0.25, 0.3) is 0 Å². The molecule has 1 fully saturated rings. The van der Waals surface area contributed by atoms with Gasteiger partial charge in [0.15, 0.2) is 0 Å². The summed E-state index contributed by atoms with van der Waals surface area (Å²) in [4.78, 5) is 2.34. The Bertz CT molecular complexity index is 296. The second-order valence-corrected chi connectivity index (χ2v) is 4.27. The fourth-order valence-corrected chi connectivity index (χ4v) is 2.26. The van der Waals surface area contributed by atoms with E-state index in [1.165, 1.54) is 5.56 Å². The molecule has 2 rings (SSSR count). The van der Waals surface area contributed by atoms with Gasteiger partial charge in [0.05, 0.1) is 0 Å². The van der Waals surface area contributed by atoms with Crippen LogP contribution in [-0.2, 0) is 0 Å². The SMILES string of the molecule is C[C@@H]1[C@H](N)[C@@H](c2ccccc2)CN1C. The summed E-state index contributed by atoms with van der Waals surface area (Å²) in [5.41, 5.74) is 7.57. The molecule has 1 heterocycles. The van der Waals surface area contributed by atoms with E-state index < -0.39 is 0 Å². The monoisotopic (exact) mass is 190 g/mol. The van der Waals surface area contributed by atoms with E-state index in [4.69, 9.17) is 5.73 Å². The van der Waals surface area contributed by atoms with Gasteiger partial charge >= 0.3 is 0 Å². The largest absolute Gasteiger partial charge is 0.326 e.